The zero-order valence-electron chi connectivity index (χ0n) is 15.7. The van der Waals surface area contributed by atoms with Crippen molar-refractivity contribution in [1.29, 1.82) is 0 Å². The Morgan fingerprint density at radius 3 is 1.78 bits per heavy atom. The van der Waals surface area contributed by atoms with Gasteiger partial charge in [0.2, 0.25) is 5.90 Å². The second kappa shape index (κ2) is 8.06. The zero-order valence-corrected chi connectivity index (χ0v) is 16.6. The topological polar surface area (TPSA) is 21.6 Å². The molecule has 1 atom stereocenters. The van der Waals surface area contributed by atoms with Crippen LogP contribution in [0.4, 0.5) is 0 Å². The van der Waals surface area contributed by atoms with Gasteiger partial charge in [-0.3, -0.25) is 0 Å². The van der Waals surface area contributed by atoms with Crippen LogP contribution >= 0.6 is 7.92 Å². The monoisotopic (exact) mass is 373 g/mol. The van der Waals surface area contributed by atoms with Crippen molar-refractivity contribution in [3.05, 3.63) is 90.5 Å². The van der Waals surface area contributed by atoms with Crippen molar-refractivity contribution in [3.8, 4) is 0 Å². The van der Waals surface area contributed by atoms with Gasteiger partial charge in [-0.15, -0.1) is 0 Å². The van der Waals surface area contributed by atoms with E-state index in [4.69, 9.17) is 9.73 Å². The van der Waals surface area contributed by atoms with E-state index in [0.717, 1.165) is 11.5 Å². The maximum atomic E-state index is 5.84. The fourth-order valence-corrected chi connectivity index (χ4v) is 5.53. The van der Waals surface area contributed by atoms with E-state index in [1.165, 1.54) is 15.9 Å². The second-order valence-electron chi connectivity index (χ2n) is 7.11. The van der Waals surface area contributed by atoms with Crippen LogP contribution in [0.5, 0.6) is 0 Å². The Balaban J connectivity index is 1.67. The standard InChI is InChI=1S/C24H24NOP/c1-18(2)23-17-26-24(25-23)19-13-15-22(16-14-19)27(20-9-5-3-6-10-20)21-11-7-4-8-12-21/h3-16,18,23H,17H2,1-2H3. The molecule has 0 N–H and O–H groups in total. The molecule has 3 heteroatoms. The van der Waals surface area contributed by atoms with E-state index in [0.29, 0.717) is 12.5 Å². The van der Waals surface area contributed by atoms with Crippen LogP contribution in [0.25, 0.3) is 0 Å². The van der Waals surface area contributed by atoms with Crippen LogP contribution in [-0.2, 0) is 4.74 Å². The molecule has 0 bridgehead atoms. The first kappa shape index (κ1) is 17.9. The Bertz CT molecular complexity index is 865. The van der Waals surface area contributed by atoms with E-state index < -0.39 is 7.92 Å². The molecule has 136 valence electrons. The lowest BCUT2D eigenvalue weighted by Gasteiger charge is -2.19. The number of nitrogens with zero attached hydrogens (tertiary/aromatic N) is 1. The summed E-state index contributed by atoms with van der Waals surface area (Å²) in [6.45, 7) is 5.07. The summed E-state index contributed by atoms with van der Waals surface area (Å²) in [5.74, 6) is 1.29. The van der Waals surface area contributed by atoms with Crippen LogP contribution in [0.3, 0.4) is 0 Å². The predicted molar refractivity (Wildman–Crippen MR) is 116 cm³/mol. The molecule has 2 nitrogen and oxygen atoms in total. The number of benzene rings is 3. The normalized spacial score (nSPS) is 16.4. The van der Waals surface area contributed by atoms with Gasteiger partial charge in [0, 0.05) is 5.56 Å². The highest BCUT2D eigenvalue weighted by Gasteiger charge is 2.23. The lowest BCUT2D eigenvalue weighted by molar-refractivity contribution is 0.292. The lowest BCUT2D eigenvalue weighted by Crippen LogP contribution is -2.20. The van der Waals surface area contributed by atoms with Gasteiger partial charge in [0.15, 0.2) is 0 Å². The Labute approximate surface area is 162 Å². The molecule has 3 aromatic carbocycles. The number of rotatable bonds is 5. The summed E-state index contributed by atoms with van der Waals surface area (Å²) < 4.78 is 5.84. The van der Waals surface area contributed by atoms with Crippen molar-refractivity contribution < 1.29 is 4.74 Å². The summed E-state index contributed by atoms with van der Waals surface area (Å²) in [6, 6.07) is 30.6. The molecule has 0 amide bonds. The van der Waals surface area contributed by atoms with E-state index >= 15 is 0 Å². The van der Waals surface area contributed by atoms with Crippen LogP contribution in [0.2, 0.25) is 0 Å². The smallest absolute Gasteiger partial charge is 0.216 e. The molecule has 0 aromatic heterocycles. The quantitative estimate of drug-likeness (QED) is 0.613. The zero-order chi connectivity index (χ0) is 18.6. The molecule has 0 fully saturated rings. The number of hydrogen-bond donors (Lipinski definition) is 0. The Hall–Kier alpha value is -2.44. The van der Waals surface area contributed by atoms with Gasteiger partial charge in [-0.25, -0.2) is 4.99 Å². The molecular formula is C24H24NOP. The van der Waals surface area contributed by atoms with Gasteiger partial charge < -0.3 is 4.74 Å². The highest BCUT2D eigenvalue weighted by molar-refractivity contribution is 7.79. The van der Waals surface area contributed by atoms with Crippen molar-refractivity contribution in [3.63, 3.8) is 0 Å². The van der Waals surface area contributed by atoms with Crippen LogP contribution in [0.1, 0.15) is 19.4 Å². The third kappa shape index (κ3) is 3.96. The highest BCUT2D eigenvalue weighted by atomic mass is 31.1. The molecule has 1 unspecified atom stereocenters. The first-order chi connectivity index (χ1) is 13.2. The van der Waals surface area contributed by atoms with Gasteiger partial charge >= 0.3 is 0 Å². The van der Waals surface area contributed by atoms with E-state index in [1.807, 2.05) is 0 Å². The maximum Gasteiger partial charge on any atom is 0.216 e. The maximum absolute atomic E-state index is 5.84. The molecule has 1 heterocycles. The molecule has 3 aromatic rings. The Kier molecular flexibility index (Phi) is 5.36. The fourth-order valence-electron chi connectivity index (χ4n) is 3.24. The summed E-state index contributed by atoms with van der Waals surface area (Å²) in [7, 11) is -0.570. The Morgan fingerprint density at radius 1 is 0.778 bits per heavy atom. The number of hydrogen-bond acceptors (Lipinski definition) is 2. The third-order valence-electron chi connectivity index (χ3n) is 4.84. The van der Waals surface area contributed by atoms with Crippen molar-refractivity contribution in [2.45, 2.75) is 19.9 Å². The van der Waals surface area contributed by atoms with Gasteiger partial charge in [0.25, 0.3) is 0 Å². The fraction of sp³-hybridized carbons (Fsp3) is 0.208. The summed E-state index contributed by atoms with van der Waals surface area (Å²) in [6.07, 6.45) is 0. The van der Waals surface area contributed by atoms with Crippen molar-refractivity contribution in [1.82, 2.24) is 0 Å². The largest absolute Gasteiger partial charge is 0.475 e. The number of aliphatic imine (C=N–C) groups is 1. The van der Waals surface area contributed by atoms with Gasteiger partial charge in [-0.05, 0) is 41.9 Å². The molecule has 0 aliphatic carbocycles. The molecule has 4 rings (SSSR count). The third-order valence-corrected chi connectivity index (χ3v) is 7.29. The molecule has 0 radical (unpaired) electrons. The summed E-state index contributed by atoms with van der Waals surface area (Å²) in [5.41, 5.74) is 1.07. The first-order valence-corrected chi connectivity index (χ1v) is 10.8. The van der Waals surface area contributed by atoms with Gasteiger partial charge in [0.05, 0.1) is 6.04 Å². The van der Waals surface area contributed by atoms with Gasteiger partial charge in [0.1, 0.15) is 6.61 Å². The lowest BCUT2D eigenvalue weighted by atomic mass is 10.1. The molecule has 0 saturated heterocycles. The minimum Gasteiger partial charge on any atom is -0.475 e. The highest BCUT2D eigenvalue weighted by Crippen LogP contribution is 2.32. The van der Waals surface area contributed by atoms with Crippen LogP contribution < -0.4 is 15.9 Å². The first-order valence-electron chi connectivity index (χ1n) is 9.43. The van der Waals surface area contributed by atoms with Gasteiger partial charge in [-0.1, -0.05) is 86.6 Å². The molecule has 1 aliphatic heterocycles. The van der Waals surface area contributed by atoms with E-state index in [-0.39, 0.29) is 6.04 Å². The molecule has 27 heavy (non-hydrogen) atoms. The number of ether oxygens (including phenoxy) is 1. The molecule has 1 aliphatic rings. The van der Waals surface area contributed by atoms with Crippen LogP contribution in [-0.4, -0.2) is 18.5 Å². The molecule has 0 saturated carbocycles. The molecule has 0 spiro atoms. The van der Waals surface area contributed by atoms with E-state index in [2.05, 4.69) is 98.8 Å². The summed E-state index contributed by atoms with van der Waals surface area (Å²) in [4.78, 5) is 4.75. The van der Waals surface area contributed by atoms with Crippen molar-refractivity contribution >= 4 is 29.7 Å². The minimum absolute atomic E-state index is 0.269. The minimum atomic E-state index is -0.570. The molecular weight excluding hydrogens is 349 g/mol. The average molecular weight is 373 g/mol. The van der Waals surface area contributed by atoms with Crippen LogP contribution in [0.15, 0.2) is 89.9 Å². The van der Waals surface area contributed by atoms with Crippen molar-refractivity contribution in [2.75, 3.05) is 6.61 Å². The Morgan fingerprint density at radius 2 is 1.30 bits per heavy atom. The predicted octanol–water partition coefficient (Wildman–Crippen LogP) is 4.25. The average Bonchev–Trinajstić information content (AvgIpc) is 3.21. The van der Waals surface area contributed by atoms with Gasteiger partial charge in [-0.2, -0.15) is 0 Å². The van der Waals surface area contributed by atoms with Crippen molar-refractivity contribution in [2.24, 2.45) is 10.9 Å². The summed E-state index contributed by atoms with van der Waals surface area (Å²) in [5, 5.41) is 4.06. The van der Waals surface area contributed by atoms with E-state index in [9.17, 15) is 0 Å². The summed E-state index contributed by atoms with van der Waals surface area (Å²) >= 11 is 0. The second-order valence-corrected chi connectivity index (χ2v) is 9.33. The van der Waals surface area contributed by atoms with E-state index in [1.54, 1.807) is 0 Å². The van der Waals surface area contributed by atoms with Crippen LogP contribution in [0, 0.1) is 5.92 Å². The SMILES string of the molecule is CC(C)C1COC(c2ccc(P(c3ccccc3)c3ccccc3)cc2)=N1.